The van der Waals surface area contributed by atoms with Gasteiger partial charge in [-0.05, 0) is 73.5 Å². The van der Waals surface area contributed by atoms with Crippen LogP contribution in [0.4, 0.5) is 10.5 Å². The summed E-state index contributed by atoms with van der Waals surface area (Å²) in [5, 5.41) is 4.98. The average Bonchev–Trinajstić information content (AvgIpc) is 3.47. The molecule has 1 N–H and O–H groups in total. The molecule has 6 nitrogen and oxygen atoms in total. The first-order valence-electron chi connectivity index (χ1n) is 12.4. The first kappa shape index (κ1) is 24.1. The fourth-order valence-electron chi connectivity index (χ4n) is 5.40. The molecule has 190 valence electrons. The number of anilines is 1. The number of fused-ring (bicyclic) bond motifs is 5. The largest absolute Gasteiger partial charge is 0.497 e. The SMILES string of the molecule is COc1ccc(C2c3cccn3-c3sc4c(c3CN2C(=O)Nc2cc(Cl)ccc2C)CCN(C)C4)cc1. The van der Waals surface area contributed by atoms with Gasteiger partial charge in [-0.3, -0.25) is 0 Å². The lowest BCUT2D eigenvalue weighted by molar-refractivity contribution is 0.194. The predicted octanol–water partition coefficient (Wildman–Crippen LogP) is 6.63. The Balaban J connectivity index is 1.49. The van der Waals surface area contributed by atoms with Gasteiger partial charge in [-0.25, -0.2) is 4.79 Å². The predicted molar refractivity (Wildman–Crippen MR) is 149 cm³/mol. The fraction of sp³-hybridized carbons (Fsp3) is 0.276. The van der Waals surface area contributed by atoms with Gasteiger partial charge in [0.1, 0.15) is 10.8 Å². The summed E-state index contributed by atoms with van der Waals surface area (Å²) in [4.78, 5) is 19.8. The van der Waals surface area contributed by atoms with Crippen molar-refractivity contribution in [3.05, 3.63) is 98.6 Å². The Morgan fingerprint density at radius 2 is 1.92 bits per heavy atom. The molecule has 0 fully saturated rings. The van der Waals surface area contributed by atoms with Crippen LogP contribution < -0.4 is 10.1 Å². The van der Waals surface area contributed by atoms with Crippen molar-refractivity contribution in [1.29, 1.82) is 0 Å². The maximum Gasteiger partial charge on any atom is 0.322 e. The van der Waals surface area contributed by atoms with E-state index in [9.17, 15) is 4.79 Å². The number of ether oxygens (including phenoxy) is 1. The summed E-state index contributed by atoms with van der Waals surface area (Å²) >= 11 is 8.13. The van der Waals surface area contributed by atoms with Gasteiger partial charge in [-0.2, -0.15) is 0 Å². The number of carbonyl (C=O) groups excluding carboxylic acids is 1. The number of aryl methyl sites for hydroxylation is 1. The molecule has 2 aromatic carbocycles. The van der Waals surface area contributed by atoms with E-state index in [-0.39, 0.29) is 12.1 Å². The van der Waals surface area contributed by atoms with E-state index in [4.69, 9.17) is 16.3 Å². The van der Waals surface area contributed by atoms with Crippen LogP contribution in [0.2, 0.25) is 5.02 Å². The lowest BCUT2D eigenvalue weighted by atomic mass is 10.00. The minimum absolute atomic E-state index is 0.153. The van der Waals surface area contributed by atoms with Gasteiger partial charge in [-0.1, -0.05) is 29.8 Å². The molecule has 2 aromatic heterocycles. The summed E-state index contributed by atoms with van der Waals surface area (Å²) in [6.07, 6.45) is 3.11. The Hall–Kier alpha value is -3.26. The highest BCUT2D eigenvalue weighted by molar-refractivity contribution is 7.15. The molecule has 0 saturated carbocycles. The van der Waals surface area contributed by atoms with E-state index in [1.165, 1.54) is 21.0 Å². The Morgan fingerprint density at radius 3 is 2.70 bits per heavy atom. The van der Waals surface area contributed by atoms with Crippen molar-refractivity contribution in [1.82, 2.24) is 14.4 Å². The Morgan fingerprint density at radius 1 is 1.11 bits per heavy atom. The monoisotopic (exact) mass is 532 g/mol. The number of benzene rings is 2. The maximum absolute atomic E-state index is 14.1. The molecule has 0 saturated heterocycles. The van der Waals surface area contributed by atoms with E-state index >= 15 is 0 Å². The highest BCUT2D eigenvalue weighted by Crippen LogP contribution is 2.43. The van der Waals surface area contributed by atoms with Crippen LogP contribution in [0.3, 0.4) is 0 Å². The van der Waals surface area contributed by atoms with Gasteiger partial charge in [0.2, 0.25) is 0 Å². The molecule has 37 heavy (non-hydrogen) atoms. The first-order valence-corrected chi connectivity index (χ1v) is 13.6. The third-order valence-corrected chi connectivity index (χ3v) is 8.88. The number of carbonyl (C=O) groups is 1. The number of halogens is 1. The van der Waals surface area contributed by atoms with Crippen molar-refractivity contribution in [3.8, 4) is 10.8 Å². The van der Waals surface area contributed by atoms with Crippen LogP contribution in [-0.2, 0) is 19.5 Å². The molecule has 1 atom stereocenters. The molecule has 0 aliphatic carbocycles. The van der Waals surface area contributed by atoms with Crippen molar-refractivity contribution >= 4 is 34.7 Å². The number of nitrogens with one attached hydrogen (secondary N) is 1. The number of hydrogen-bond donors (Lipinski definition) is 1. The highest BCUT2D eigenvalue weighted by Gasteiger charge is 2.36. The summed E-state index contributed by atoms with van der Waals surface area (Å²) in [5.41, 5.74) is 6.43. The molecule has 0 radical (unpaired) electrons. The van der Waals surface area contributed by atoms with Crippen molar-refractivity contribution in [2.45, 2.75) is 32.5 Å². The number of likely N-dealkylation sites (N-methyl/N-ethyl adjacent to an activating group) is 1. The van der Waals surface area contributed by atoms with Crippen LogP contribution in [0.1, 0.15) is 38.9 Å². The Kier molecular flexibility index (Phi) is 6.23. The number of urea groups is 1. The number of aromatic nitrogens is 1. The Labute approximate surface area is 226 Å². The summed E-state index contributed by atoms with van der Waals surface area (Å²) < 4.78 is 7.69. The summed E-state index contributed by atoms with van der Waals surface area (Å²) in [6, 6.07) is 17.4. The molecule has 4 aromatic rings. The van der Waals surface area contributed by atoms with E-state index in [1.54, 1.807) is 7.11 Å². The number of hydrogen-bond acceptors (Lipinski definition) is 4. The third kappa shape index (κ3) is 4.31. The van der Waals surface area contributed by atoms with Gasteiger partial charge in [-0.15, -0.1) is 11.3 Å². The molecule has 0 spiro atoms. The number of methoxy groups -OCH3 is 1. The van der Waals surface area contributed by atoms with E-state index in [2.05, 4.69) is 52.3 Å². The van der Waals surface area contributed by atoms with E-state index in [0.717, 1.165) is 47.8 Å². The van der Waals surface area contributed by atoms with Crippen LogP contribution >= 0.6 is 22.9 Å². The van der Waals surface area contributed by atoms with Crippen molar-refractivity contribution in [2.24, 2.45) is 0 Å². The van der Waals surface area contributed by atoms with Crippen LogP contribution in [0.15, 0.2) is 60.8 Å². The number of thiophene rings is 1. The zero-order chi connectivity index (χ0) is 25.7. The van der Waals surface area contributed by atoms with Crippen molar-refractivity contribution < 1.29 is 9.53 Å². The topological polar surface area (TPSA) is 49.7 Å². The highest BCUT2D eigenvalue weighted by atomic mass is 35.5. The molecule has 2 aliphatic rings. The van der Waals surface area contributed by atoms with Gasteiger partial charge < -0.3 is 24.4 Å². The van der Waals surface area contributed by atoms with Crippen molar-refractivity contribution in [3.63, 3.8) is 0 Å². The molecular weight excluding hydrogens is 504 g/mol. The molecule has 8 heteroatoms. The fourth-order valence-corrected chi connectivity index (χ4v) is 7.02. The van der Waals surface area contributed by atoms with Crippen LogP contribution in [-0.4, -0.2) is 41.1 Å². The molecular formula is C29H29ClN4O2S. The summed E-state index contributed by atoms with van der Waals surface area (Å²) in [6.45, 7) is 4.46. The lowest BCUT2D eigenvalue weighted by Crippen LogP contribution is -2.38. The second kappa shape index (κ2) is 9.56. The van der Waals surface area contributed by atoms with Gasteiger partial charge >= 0.3 is 6.03 Å². The zero-order valence-electron chi connectivity index (χ0n) is 21.1. The maximum atomic E-state index is 14.1. The Bertz CT molecular complexity index is 1480. The molecule has 6 rings (SSSR count). The van der Waals surface area contributed by atoms with Crippen molar-refractivity contribution in [2.75, 3.05) is 26.0 Å². The summed E-state index contributed by atoms with van der Waals surface area (Å²) in [5.74, 6) is 0.788. The standard InChI is InChI=1S/C29H29ClN4O2S/c1-18-6-9-20(30)15-24(18)31-29(35)34-16-23-22-12-14-32(2)17-26(22)37-28(23)33-13-4-5-25(33)27(34)19-7-10-21(36-3)11-8-19/h4-11,13,15,27H,12,14,16-17H2,1-3H3,(H,31,35). The third-order valence-electron chi connectivity index (χ3n) is 7.39. The molecule has 2 aliphatic heterocycles. The van der Waals surface area contributed by atoms with E-state index in [0.29, 0.717) is 11.6 Å². The second-order valence-corrected chi connectivity index (χ2v) is 11.3. The number of amides is 2. The van der Waals surface area contributed by atoms with E-state index in [1.807, 2.05) is 53.5 Å². The second-order valence-electron chi connectivity index (χ2n) is 9.77. The lowest BCUT2D eigenvalue weighted by Gasteiger charge is -2.32. The van der Waals surface area contributed by atoms with Gasteiger partial charge in [0, 0.05) is 40.4 Å². The van der Waals surface area contributed by atoms with Gasteiger partial charge in [0.15, 0.2) is 0 Å². The molecule has 0 bridgehead atoms. The normalized spacial score (nSPS) is 17.0. The van der Waals surface area contributed by atoms with Crippen LogP contribution in [0.5, 0.6) is 5.75 Å². The number of rotatable bonds is 3. The van der Waals surface area contributed by atoms with Gasteiger partial charge in [0.25, 0.3) is 0 Å². The van der Waals surface area contributed by atoms with Gasteiger partial charge in [0.05, 0.1) is 25.4 Å². The first-order chi connectivity index (χ1) is 17.9. The average molecular weight is 533 g/mol. The van der Waals surface area contributed by atoms with E-state index < -0.39 is 0 Å². The summed E-state index contributed by atoms with van der Waals surface area (Å²) in [7, 11) is 3.83. The molecule has 2 amide bonds. The minimum atomic E-state index is -0.276. The minimum Gasteiger partial charge on any atom is -0.497 e. The number of nitrogens with zero attached hydrogens (tertiary/aromatic N) is 3. The zero-order valence-corrected chi connectivity index (χ0v) is 22.7. The molecule has 1 unspecified atom stereocenters. The molecule has 4 heterocycles. The quantitative estimate of drug-likeness (QED) is 0.322. The van der Waals surface area contributed by atoms with Crippen LogP contribution in [0, 0.1) is 6.92 Å². The van der Waals surface area contributed by atoms with Crippen LogP contribution in [0.25, 0.3) is 5.00 Å². The smallest absolute Gasteiger partial charge is 0.322 e.